The highest BCUT2D eigenvalue weighted by Gasteiger charge is 2.62. The maximum absolute atomic E-state index is 18.2. The fraction of sp³-hybridized carbons (Fsp3) is 0.297. The normalized spacial score (nSPS) is 18.1. The number of amides is 1. The summed E-state index contributed by atoms with van der Waals surface area (Å²) in [4.78, 5) is 41.9. The largest absolute Gasteiger partial charge is 0.461 e. The molecule has 0 bridgehead atoms. The van der Waals surface area contributed by atoms with Crippen molar-refractivity contribution >= 4 is 36.5 Å². The standard InChI is InChI=1S/C64H67F2NO10Si/c1-63(2,3)78(52-35-21-9-22-36-52,53-37-23-10-24-38-53)76-46-55-57(72-42-48-27-13-5-14-28-48)58(73-43-49-29-15-6-16-30-49)59(74-44-50-31-17-7-18-32-50)60(77-55)64(65,66)62(70)67-54(61(69)75-45-51-33-19-8-20-34-51)39-40-56(68)71-41-47-25-11-4-12-26-47/h4-38,54-55,57-60H,39-46H2,1-3H3,(H,67,70)/t54-,55+,57+,58-,59-,60-/m0/s1. The lowest BCUT2D eigenvalue weighted by atomic mass is 9.90. The summed E-state index contributed by atoms with van der Waals surface area (Å²) >= 11 is 0. The van der Waals surface area contributed by atoms with Crippen molar-refractivity contribution in [1.82, 2.24) is 5.32 Å². The van der Waals surface area contributed by atoms with E-state index < -0.39 is 86.5 Å². The van der Waals surface area contributed by atoms with Crippen LogP contribution in [0.5, 0.6) is 0 Å². The van der Waals surface area contributed by atoms with Gasteiger partial charge in [0.25, 0.3) is 14.2 Å². The Labute approximate surface area is 456 Å². The molecule has 1 saturated heterocycles. The molecule has 0 spiro atoms. The van der Waals surface area contributed by atoms with Crippen molar-refractivity contribution in [3.05, 3.63) is 240 Å². The minimum atomic E-state index is -4.46. The maximum Gasteiger partial charge on any atom is 0.352 e. The second-order valence-corrected chi connectivity index (χ2v) is 24.6. The van der Waals surface area contributed by atoms with Gasteiger partial charge < -0.3 is 38.2 Å². The number of rotatable bonds is 25. The SMILES string of the molecule is CC(C)(C)[Si](OC[C@H]1O[C@H](C(F)(F)C(=O)N[C@@H](CCC(=O)OCc2ccccc2)C(=O)OCc2ccccc2)[C@@H](OCc2ccccc2)[C@@H](OCc2ccccc2)[C@@H]1OCc1ccccc1)(c1ccccc1)c1ccccc1. The highest BCUT2D eigenvalue weighted by Crippen LogP contribution is 2.41. The summed E-state index contributed by atoms with van der Waals surface area (Å²) in [6.07, 6.45) is -8.67. The number of carbonyl (C=O) groups is 3. The fourth-order valence-corrected chi connectivity index (χ4v) is 14.3. The van der Waals surface area contributed by atoms with E-state index in [2.05, 4.69) is 26.1 Å². The molecule has 0 aromatic heterocycles. The van der Waals surface area contributed by atoms with Crippen LogP contribution in [-0.2, 0) is 80.3 Å². The zero-order chi connectivity index (χ0) is 54.8. The van der Waals surface area contributed by atoms with E-state index in [1.54, 1.807) is 78.9 Å². The Morgan fingerprint density at radius 1 is 0.513 bits per heavy atom. The van der Waals surface area contributed by atoms with Gasteiger partial charge in [0.15, 0.2) is 6.10 Å². The fourth-order valence-electron chi connectivity index (χ4n) is 9.72. The van der Waals surface area contributed by atoms with Crippen molar-refractivity contribution in [3.63, 3.8) is 0 Å². The van der Waals surface area contributed by atoms with Crippen LogP contribution in [0.1, 0.15) is 61.4 Å². The highest BCUT2D eigenvalue weighted by molar-refractivity contribution is 6.99. The predicted octanol–water partition coefficient (Wildman–Crippen LogP) is 10.5. The zero-order valence-electron chi connectivity index (χ0n) is 44.2. The average molecular weight is 1080 g/mol. The van der Waals surface area contributed by atoms with Crippen LogP contribution in [-0.4, -0.2) is 75.3 Å². The molecule has 1 aliphatic rings. The van der Waals surface area contributed by atoms with Gasteiger partial charge >= 0.3 is 17.9 Å². The molecule has 14 heteroatoms. The van der Waals surface area contributed by atoms with Crippen LogP contribution in [0.3, 0.4) is 0 Å². The van der Waals surface area contributed by atoms with Crippen LogP contribution in [0.15, 0.2) is 212 Å². The molecule has 0 radical (unpaired) electrons. The number of carbonyl (C=O) groups excluding carboxylic acids is 3. The zero-order valence-corrected chi connectivity index (χ0v) is 45.2. The summed E-state index contributed by atoms with van der Waals surface area (Å²) in [5.74, 6) is -8.07. The van der Waals surface area contributed by atoms with Crippen LogP contribution in [0, 0.1) is 0 Å². The number of hydrogen-bond donors (Lipinski definition) is 1. The Kier molecular flexibility index (Phi) is 20.0. The van der Waals surface area contributed by atoms with E-state index in [4.69, 9.17) is 32.8 Å². The molecule has 0 aliphatic carbocycles. The minimum absolute atomic E-state index is 0.0310. The number of nitrogens with one attached hydrogen (secondary N) is 1. The summed E-state index contributed by atoms with van der Waals surface area (Å²) in [6, 6.07) is 63.5. The van der Waals surface area contributed by atoms with Crippen LogP contribution >= 0.6 is 0 Å². The van der Waals surface area contributed by atoms with Crippen molar-refractivity contribution in [1.29, 1.82) is 0 Å². The van der Waals surface area contributed by atoms with Gasteiger partial charge in [0.05, 0.1) is 26.4 Å². The van der Waals surface area contributed by atoms with Gasteiger partial charge in [-0.25, -0.2) is 4.79 Å². The monoisotopic (exact) mass is 1080 g/mol. The first-order chi connectivity index (χ1) is 37.8. The third kappa shape index (κ3) is 14.9. The molecule has 406 valence electrons. The Morgan fingerprint density at radius 2 is 0.885 bits per heavy atom. The van der Waals surface area contributed by atoms with Gasteiger partial charge in [-0.1, -0.05) is 233 Å². The van der Waals surface area contributed by atoms with Crippen molar-refractivity contribution in [2.45, 2.75) is 114 Å². The van der Waals surface area contributed by atoms with Crippen LogP contribution in [0.2, 0.25) is 5.04 Å². The number of esters is 2. The number of halogens is 2. The van der Waals surface area contributed by atoms with Crippen molar-refractivity contribution in [3.8, 4) is 0 Å². The minimum Gasteiger partial charge on any atom is -0.461 e. The molecule has 1 aliphatic heterocycles. The molecule has 0 unspecified atom stereocenters. The number of alkyl halides is 2. The molecular weight excluding hydrogens is 1010 g/mol. The Hall–Kier alpha value is -7.17. The Balaban J connectivity index is 1.18. The molecule has 1 N–H and O–H groups in total. The van der Waals surface area contributed by atoms with E-state index in [9.17, 15) is 14.4 Å². The first-order valence-electron chi connectivity index (χ1n) is 26.3. The van der Waals surface area contributed by atoms with Gasteiger partial charge in [-0.05, 0) is 49.6 Å². The highest BCUT2D eigenvalue weighted by atomic mass is 28.4. The summed E-state index contributed by atoms with van der Waals surface area (Å²) < 4.78 is 81.8. The topological polar surface area (TPSA) is 128 Å². The molecule has 11 nitrogen and oxygen atoms in total. The molecule has 7 aromatic carbocycles. The Morgan fingerprint density at radius 3 is 1.31 bits per heavy atom. The molecular formula is C64H67F2NO10Si. The van der Waals surface area contributed by atoms with E-state index in [-0.39, 0.29) is 39.6 Å². The molecule has 8 rings (SSSR count). The van der Waals surface area contributed by atoms with E-state index >= 15 is 8.78 Å². The lowest BCUT2D eigenvalue weighted by Crippen LogP contribution is -2.70. The second-order valence-electron chi connectivity index (χ2n) is 20.3. The second kappa shape index (κ2) is 27.4. The lowest BCUT2D eigenvalue weighted by molar-refractivity contribution is -0.302. The predicted molar refractivity (Wildman–Crippen MR) is 296 cm³/mol. The van der Waals surface area contributed by atoms with Gasteiger partial charge in [-0.15, -0.1) is 0 Å². The first-order valence-corrected chi connectivity index (χ1v) is 28.2. The maximum atomic E-state index is 18.2. The van der Waals surface area contributed by atoms with E-state index in [1.165, 1.54) is 0 Å². The molecule has 6 atom stereocenters. The van der Waals surface area contributed by atoms with Gasteiger partial charge in [0.2, 0.25) is 0 Å². The van der Waals surface area contributed by atoms with Gasteiger partial charge in [-0.3, -0.25) is 9.59 Å². The molecule has 1 fully saturated rings. The van der Waals surface area contributed by atoms with Gasteiger partial charge in [0, 0.05) is 6.42 Å². The average Bonchev–Trinajstić information content (AvgIpc) is 3.62. The molecule has 7 aromatic rings. The van der Waals surface area contributed by atoms with E-state index in [1.807, 2.05) is 133 Å². The summed E-state index contributed by atoms with van der Waals surface area (Å²) in [6.45, 7) is 5.56. The Bertz CT molecular complexity index is 2880. The summed E-state index contributed by atoms with van der Waals surface area (Å²) in [5.41, 5.74) is 3.55. The molecule has 0 saturated carbocycles. The smallest absolute Gasteiger partial charge is 0.352 e. The summed E-state index contributed by atoms with van der Waals surface area (Å²) in [5, 5.41) is 3.63. The van der Waals surface area contributed by atoms with Gasteiger partial charge in [0.1, 0.15) is 43.7 Å². The lowest BCUT2D eigenvalue weighted by Gasteiger charge is -2.49. The van der Waals surface area contributed by atoms with Crippen LogP contribution in [0.25, 0.3) is 0 Å². The van der Waals surface area contributed by atoms with E-state index in [0.29, 0.717) is 11.1 Å². The van der Waals surface area contributed by atoms with Gasteiger partial charge in [-0.2, -0.15) is 8.78 Å². The van der Waals surface area contributed by atoms with Crippen molar-refractivity contribution < 1.29 is 56.0 Å². The quantitative estimate of drug-likeness (QED) is 0.0437. The number of benzene rings is 7. The van der Waals surface area contributed by atoms with Crippen LogP contribution in [0.4, 0.5) is 8.78 Å². The first kappa shape index (κ1) is 57.0. The third-order valence-electron chi connectivity index (χ3n) is 13.7. The van der Waals surface area contributed by atoms with Crippen LogP contribution < -0.4 is 15.7 Å². The number of hydrogen-bond acceptors (Lipinski definition) is 10. The molecule has 78 heavy (non-hydrogen) atoms. The third-order valence-corrected chi connectivity index (χ3v) is 18.7. The molecule has 1 amide bonds. The molecule has 1 heterocycles. The van der Waals surface area contributed by atoms with Crippen molar-refractivity contribution in [2.24, 2.45) is 0 Å². The summed E-state index contributed by atoms with van der Waals surface area (Å²) in [7, 11) is -3.38. The van der Waals surface area contributed by atoms with E-state index in [0.717, 1.165) is 27.1 Å². The van der Waals surface area contributed by atoms with Crippen molar-refractivity contribution in [2.75, 3.05) is 6.61 Å². The number of ether oxygens (including phenoxy) is 6.